The van der Waals surface area contributed by atoms with Crippen LogP contribution in [0.25, 0.3) is 0 Å². The molecule has 0 aliphatic heterocycles. The number of esters is 1. The van der Waals surface area contributed by atoms with E-state index in [1.807, 2.05) is 0 Å². The molecule has 84 valence electrons. The van der Waals surface area contributed by atoms with Gasteiger partial charge < -0.3 is 19.9 Å². The van der Waals surface area contributed by atoms with E-state index in [9.17, 15) is 4.79 Å². The van der Waals surface area contributed by atoms with E-state index >= 15 is 0 Å². The van der Waals surface area contributed by atoms with Gasteiger partial charge in [-0.15, -0.1) is 0 Å². The summed E-state index contributed by atoms with van der Waals surface area (Å²) in [4.78, 5) is 11.2. The molecule has 2 N–H and O–H groups in total. The van der Waals surface area contributed by atoms with E-state index in [0.29, 0.717) is 19.6 Å². The fourth-order valence-corrected chi connectivity index (χ4v) is 0.898. The van der Waals surface area contributed by atoms with Crippen molar-refractivity contribution in [3.63, 3.8) is 0 Å². The molecule has 0 rings (SSSR count). The first-order chi connectivity index (χ1) is 6.72. The third kappa shape index (κ3) is 6.82. The van der Waals surface area contributed by atoms with Crippen molar-refractivity contribution >= 4 is 5.97 Å². The molecule has 1 unspecified atom stereocenters. The van der Waals surface area contributed by atoms with Crippen molar-refractivity contribution in [1.29, 1.82) is 0 Å². The van der Waals surface area contributed by atoms with E-state index in [0.717, 1.165) is 6.42 Å². The molecule has 0 aliphatic rings. The summed E-state index contributed by atoms with van der Waals surface area (Å²) in [6, 6.07) is -0.554. The minimum atomic E-state index is -0.554. The van der Waals surface area contributed by atoms with Crippen molar-refractivity contribution in [2.24, 2.45) is 5.73 Å². The molecule has 0 saturated carbocycles. The first kappa shape index (κ1) is 13.4. The van der Waals surface area contributed by atoms with Crippen LogP contribution in [0.2, 0.25) is 0 Å². The van der Waals surface area contributed by atoms with Crippen LogP contribution >= 0.6 is 0 Å². The van der Waals surface area contributed by atoms with Crippen molar-refractivity contribution in [3.8, 4) is 0 Å². The van der Waals surface area contributed by atoms with Crippen LogP contribution in [-0.4, -0.2) is 46.1 Å². The Morgan fingerprint density at radius 1 is 1.21 bits per heavy atom. The summed E-state index contributed by atoms with van der Waals surface area (Å²) < 4.78 is 14.4. The van der Waals surface area contributed by atoms with Gasteiger partial charge >= 0.3 is 5.97 Å². The summed E-state index contributed by atoms with van der Waals surface area (Å²) >= 11 is 0. The molecule has 0 aromatic carbocycles. The van der Waals surface area contributed by atoms with Gasteiger partial charge in [-0.25, -0.2) is 0 Å². The number of ether oxygens (including phenoxy) is 3. The highest BCUT2D eigenvalue weighted by molar-refractivity contribution is 5.75. The highest BCUT2D eigenvalue weighted by Gasteiger charge is 2.13. The molecule has 0 aliphatic carbocycles. The number of carbonyl (C=O) groups excluding carboxylic acids is 1. The summed E-state index contributed by atoms with van der Waals surface area (Å²) in [6.07, 6.45) is 1.34. The molecular formula is C9H19NO4. The van der Waals surface area contributed by atoms with Crippen molar-refractivity contribution in [2.75, 3.05) is 34.0 Å². The average molecular weight is 205 g/mol. The summed E-state index contributed by atoms with van der Waals surface area (Å²) in [7, 11) is 3.16. The number of hydrogen-bond acceptors (Lipinski definition) is 5. The second-order valence-corrected chi connectivity index (χ2v) is 2.90. The van der Waals surface area contributed by atoms with Crippen LogP contribution < -0.4 is 5.73 Å². The predicted octanol–water partition coefficient (Wildman–Crippen LogP) is -0.0701. The molecule has 0 saturated heterocycles. The fraction of sp³-hybridized carbons (Fsp3) is 0.889. The summed E-state index contributed by atoms with van der Waals surface area (Å²) in [5.74, 6) is -0.377. The smallest absolute Gasteiger partial charge is 0.322 e. The minimum absolute atomic E-state index is 0.257. The van der Waals surface area contributed by atoms with Gasteiger partial charge in [0.1, 0.15) is 12.6 Å². The van der Waals surface area contributed by atoms with E-state index in [2.05, 4.69) is 0 Å². The van der Waals surface area contributed by atoms with Gasteiger partial charge in [0.2, 0.25) is 0 Å². The number of hydrogen-bond donors (Lipinski definition) is 1. The monoisotopic (exact) mass is 205 g/mol. The molecule has 0 aromatic rings. The number of rotatable bonds is 8. The van der Waals surface area contributed by atoms with Gasteiger partial charge in [0.25, 0.3) is 0 Å². The lowest BCUT2D eigenvalue weighted by molar-refractivity contribution is -0.146. The zero-order valence-electron chi connectivity index (χ0n) is 8.82. The lowest BCUT2D eigenvalue weighted by atomic mass is 10.2. The van der Waals surface area contributed by atoms with Gasteiger partial charge in [-0.3, -0.25) is 4.79 Å². The number of nitrogens with two attached hydrogens (primary N) is 1. The Balaban J connectivity index is 3.44. The molecule has 14 heavy (non-hydrogen) atoms. The second-order valence-electron chi connectivity index (χ2n) is 2.90. The summed E-state index contributed by atoms with van der Waals surface area (Å²) in [5.41, 5.74) is 5.57. The van der Waals surface area contributed by atoms with Gasteiger partial charge in [0.15, 0.2) is 0 Å². The third-order valence-corrected chi connectivity index (χ3v) is 1.70. The minimum Gasteiger partial charge on any atom is -0.462 e. The Morgan fingerprint density at radius 3 is 2.43 bits per heavy atom. The zero-order valence-corrected chi connectivity index (χ0v) is 8.82. The maximum absolute atomic E-state index is 11.2. The van der Waals surface area contributed by atoms with E-state index in [1.54, 1.807) is 14.2 Å². The quantitative estimate of drug-likeness (QED) is 0.443. The molecule has 0 heterocycles. The Bertz CT molecular complexity index is 152. The average Bonchev–Trinajstić information content (AvgIpc) is 2.18. The first-order valence-electron chi connectivity index (χ1n) is 4.62. The van der Waals surface area contributed by atoms with Crippen molar-refractivity contribution in [1.82, 2.24) is 0 Å². The van der Waals surface area contributed by atoms with Gasteiger partial charge in [-0.1, -0.05) is 0 Å². The maximum Gasteiger partial charge on any atom is 0.322 e. The van der Waals surface area contributed by atoms with E-state index < -0.39 is 6.04 Å². The normalized spacial score (nSPS) is 12.5. The Kier molecular flexibility index (Phi) is 8.51. The second kappa shape index (κ2) is 8.93. The van der Waals surface area contributed by atoms with Gasteiger partial charge in [-0.2, -0.15) is 0 Å². The van der Waals surface area contributed by atoms with Gasteiger partial charge in [0.05, 0.1) is 6.61 Å². The summed E-state index contributed by atoms with van der Waals surface area (Å²) in [5, 5.41) is 0. The zero-order chi connectivity index (χ0) is 10.8. The Labute approximate surface area is 84.5 Å². The predicted molar refractivity (Wildman–Crippen MR) is 51.9 cm³/mol. The van der Waals surface area contributed by atoms with Crippen LogP contribution in [0.4, 0.5) is 0 Å². The van der Waals surface area contributed by atoms with Gasteiger partial charge in [-0.05, 0) is 12.8 Å². The standard InChI is InChI=1S/C9H19NO4/c1-12-5-3-4-8(10)9(11)14-7-6-13-2/h8H,3-7,10H2,1-2H3. The number of carbonyl (C=O) groups is 1. The molecule has 5 nitrogen and oxygen atoms in total. The first-order valence-corrected chi connectivity index (χ1v) is 4.62. The van der Waals surface area contributed by atoms with Crippen LogP contribution in [0, 0.1) is 0 Å². The molecule has 5 heteroatoms. The van der Waals surface area contributed by atoms with Crippen molar-refractivity contribution in [3.05, 3.63) is 0 Å². The third-order valence-electron chi connectivity index (χ3n) is 1.70. The van der Waals surface area contributed by atoms with Crippen LogP contribution in [0.5, 0.6) is 0 Å². The molecule has 0 fully saturated rings. The maximum atomic E-state index is 11.2. The lowest BCUT2D eigenvalue weighted by Gasteiger charge is -2.10. The molecular weight excluding hydrogens is 186 g/mol. The topological polar surface area (TPSA) is 70.8 Å². The van der Waals surface area contributed by atoms with E-state index in [1.165, 1.54) is 0 Å². The largest absolute Gasteiger partial charge is 0.462 e. The molecule has 0 amide bonds. The molecule has 0 aromatic heterocycles. The van der Waals surface area contributed by atoms with Crippen molar-refractivity contribution in [2.45, 2.75) is 18.9 Å². The highest BCUT2D eigenvalue weighted by atomic mass is 16.6. The Hall–Kier alpha value is -0.650. The van der Waals surface area contributed by atoms with E-state index in [-0.39, 0.29) is 12.6 Å². The molecule has 0 radical (unpaired) electrons. The molecule has 1 atom stereocenters. The van der Waals surface area contributed by atoms with Crippen LogP contribution in [-0.2, 0) is 19.0 Å². The summed E-state index contributed by atoms with van der Waals surface area (Å²) in [6.45, 7) is 1.27. The lowest BCUT2D eigenvalue weighted by Crippen LogP contribution is -2.33. The Morgan fingerprint density at radius 2 is 1.86 bits per heavy atom. The van der Waals surface area contributed by atoms with Crippen LogP contribution in [0.15, 0.2) is 0 Å². The van der Waals surface area contributed by atoms with Gasteiger partial charge in [0, 0.05) is 20.8 Å². The van der Waals surface area contributed by atoms with Crippen LogP contribution in [0.1, 0.15) is 12.8 Å². The molecule has 0 bridgehead atoms. The highest BCUT2D eigenvalue weighted by Crippen LogP contribution is 1.97. The van der Waals surface area contributed by atoms with E-state index in [4.69, 9.17) is 19.9 Å². The fourth-order valence-electron chi connectivity index (χ4n) is 0.898. The van der Waals surface area contributed by atoms with Crippen molar-refractivity contribution < 1.29 is 19.0 Å². The number of methoxy groups -OCH3 is 2. The molecule has 0 spiro atoms. The SMILES string of the molecule is COCCCC(N)C(=O)OCCOC. The van der Waals surface area contributed by atoms with Crippen LogP contribution in [0.3, 0.4) is 0 Å².